The Kier molecular flexibility index (Phi) is 4.32. The zero-order valence-corrected chi connectivity index (χ0v) is 10.9. The van der Waals surface area contributed by atoms with E-state index in [0.29, 0.717) is 6.54 Å². The van der Waals surface area contributed by atoms with E-state index in [4.69, 9.17) is 10.5 Å². The summed E-state index contributed by atoms with van der Waals surface area (Å²) in [6, 6.07) is 4.23. The van der Waals surface area contributed by atoms with Crippen molar-refractivity contribution >= 4 is 11.3 Å². The fourth-order valence-corrected chi connectivity index (χ4v) is 2.24. The molecular formula is C12H21NOS. The van der Waals surface area contributed by atoms with Gasteiger partial charge in [-0.15, -0.1) is 11.3 Å². The standard InChI is InChI=1S/C12H21NOS/c1-5-12(3,4)14-10(8-13)11-7-6-9(2)15-11/h6-7,10H,5,8,13H2,1-4H3. The van der Waals surface area contributed by atoms with Gasteiger partial charge in [-0.25, -0.2) is 0 Å². The summed E-state index contributed by atoms with van der Waals surface area (Å²) in [6.45, 7) is 9.00. The molecule has 1 heterocycles. The maximum atomic E-state index is 6.02. The van der Waals surface area contributed by atoms with E-state index in [1.807, 2.05) is 0 Å². The average Bonchev–Trinajstić information content (AvgIpc) is 2.61. The van der Waals surface area contributed by atoms with Gasteiger partial charge in [-0.05, 0) is 39.3 Å². The quantitative estimate of drug-likeness (QED) is 0.838. The third-order valence-electron chi connectivity index (χ3n) is 2.61. The lowest BCUT2D eigenvalue weighted by molar-refractivity contribution is -0.0698. The largest absolute Gasteiger partial charge is 0.366 e. The van der Waals surface area contributed by atoms with Crippen LogP contribution < -0.4 is 5.73 Å². The van der Waals surface area contributed by atoms with Crippen molar-refractivity contribution < 1.29 is 4.74 Å². The molecule has 0 aromatic carbocycles. The van der Waals surface area contributed by atoms with E-state index in [-0.39, 0.29) is 11.7 Å². The first-order chi connectivity index (χ1) is 6.98. The van der Waals surface area contributed by atoms with Crippen molar-refractivity contribution in [3.63, 3.8) is 0 Å². The van der Waals surface area contributed by atoms with E-state index in [1.165, 1.54) is 9.75 Å². The predicted molar refractivity (Wildman–Crippen MR) is 66.3 cm³/mol. The zero-order valence-electron chi connectivity index (χ0n) is 10.0. The minimum absolute atomic E-state index is 0.0404. The molecule has 0 radical (unpaired) electrons. The SMILES string of the molecule is CCC(C)(C)OC(CN)c1ccc(C)s1. The Hall–Kier alpha value is -0.380. The predicted octanol–water partition coefficient (Wildman–Crippen LogP) is 3.26. The number of rotatable bonds is 5. The van der Waals surface area contributed by atoms with Gasteiger partial charge in [-0.2, -0.15) is 0 Å². The number of ether oxygens (including phenoxy) is 1. The van der Waals surface area contributed by atoms with E-state index in [0.717, 1.165) is 6.42 Å². The normalized spacial score (nSPS) is 14.2. The maximum absolute atomic E-state index is 6.02. The molecule has 3 heteroatoms. The molecule has 0 aliphatic heterocycles. The van der Waals surface area contributed by atoms with Gasteiger partial charge in [-0.3, -0.25) is 0 Å². The minimum Gasteiger partial charge on any atom is -0.366 e. The summed E-state index contributed by atoms with van der Waals surface area (Å²) in [5.74, 6) is 0. The van der Waals surface area contributed by atoms with Crippen LogP contribution in [0.1, 0.15) is 43.1 Å². The van der Waals surface area contributed by atoms with Crippen LogP contribution in [0.2, 0.25) is 0 Å². The van der Waals surface area contributed by atoms with Crippen LogP contribution in [-0.4, -0.2) is 12.1 Å². The molecule has 0 bridgehead atoms. The third kappa shape index (κ3) is 3.59. The van der Waals surface area contributed by atoms with Crippen molar-refractivity contribution in [1.29, 1.82) is 0 Å². The van der Waals surface area contributed by atoms with Crippen molar-refractivity contribution in [2.75, 3.05) is 6.54 Å². The van der Waals surface area contributed by atoms with Gasteiger partial charge < -0.3 is 10.5 Å². The Morgan fingerprint density at radius 2 is 2.13 bits per heavy atom. The number of aryl methyl sites for hydroxylation is 1. The van der Waals surface area contributed by atoms with E-state index in [1.54, 1.807) is 11.3 Å². The molecule has 1 aromatic rings. The number of thiophene rings is 1. The highest BCUT2D eigenvalue weighted by Crippen LogP contribution is 2.29. The van der Waals surface area contributed by atoms with Crippen molar-refractivity contribution in [2.45, 2.75) is 45.8 Å². The summed E-state index contributed by atoms with van der Waals surface area (Å²) in [6.07, 6.45) is 1.03. The molecule has 2 N–H and O–H groups in total. The first-order valence-corrected chi connectivity index (χ1v) is 6.24. The van der Waals surface area contributed by atoms with Crippen LogP contribution >= 0.6 is 11.3 Å². The van der Waals surface area contributed by atoms with Gasteiger partial charge >= 0.3 is 0 Å². The van der Waals surface area contributed by atoms with Crippen molar-refractivity contribution in [2.24, 2.45) is 5.73 Å². The molecule has 1 rings (SSSR count). The molecule has 2 nitrogen and oxygen atoms in total. The maximum Gasteiger partial charge on any atom is 0.105 e. The molecule has 0 amide bonds. The zero-order chi connectivity index (χ0) is 11.5. The van der Waals surface area contributed by atoms with Crippen LogP contribution in [0.3, 0.4) is 0 Å². The highest BCUT2D eigenvalue weighted by atomic mass is 32.1. The van der Waals surface area contributed by atoms with Gasteiger partial charge in [0.05, 0.1) is 5.60 Å². The molecule has 0 saturated heterocycles. The van der Waals surface area contributed by atoms with Crippen LogP contribution in [0.15, 0.2) is 12.1 Å². The van der Waals surface area contributed by atoms with E-state index >= 15 is 0 Å². The fraction of sp³-hybridized carbons (Fsp3) is 0.667. The molecule has 0 aliphatic rings. The Labute approximate surface area is 96.4 Å². The molecule has 1 aromatic heterocycles. The fourth-order valence-electron chi connectivity index (χ4n) is 1.32. The first kappa shape index (κ1) is 12.7. The summed E-state index contributed by atoms with van der Waals surface area (Å²) < 4.78 is 6.02. The molecule has 0 aliphatic carbocycles. The lowest BCUT2D eigenvalue weighted by Gasteiger charge is -2.28. The van der Waals surface area contributed by atoms with Crippen molar-refractivity contribution in [3.8, 4) is 0 Å². The van der Waals surface area contributed by atoms with Crippen LogP contribution in [0.5, 0.6) is 0 Å². The van der Waals surface area contributed by atoms with Gasteiger partial charge in [0, 0.05) is 16.3 Å². The summed E-state index contributed by atoms with van der Waals surface area (Å²) in [5.41, 5.74) is 5.66. The third-order valence-corrected chi connectivity index (χ3v) is 3.70. The monoisotopic (exact) mass is 227 g/mol. The lowest BCUT2D eigenvalue weighted by atomic mass is 10.1. The molecule has 86 valence electrons. The van der Waals surface area contributed by atoms with Gasteiger partial charge in [0.2, 0.25) is 0 Å². The Balaban J connectivity index is 2.72. The number of nitrogens with two attached hydrogens (primary N) is 1. The molecular weight excluding hydrogens is 206 g/mol. The molecule has 0 spiro atoms. The van der Waals surface area contributed by atoms with E-state index < -0.39 is 0 Å². The Morgan fingerprint density at radius 1 is 1.47 bits per heavy atom. The van der Waals surface area contributed by atoms with Gasteiger partial charge in [-0.1, -0.05) is 6.92 Å². The smallest absolute Gasteiger partial charge is 0.105 e. The molecule has 1 atom stereocenters. The Bertz CT molecular complexity index is 306. The van der Waals surface area contributed by atoms with E-state index in [9.17, 15) is 0 Å². The van der Waals surface area contributed by atoms with E-state index in [2.05, 4.69) is 39.8 Å². The molecule has 0 saturated carbocycles. The minimum atomic E-state index is -0.0953. The summed E-state index contributed by atoms with van der Waals surface area (Å²) in [5, 5.41) is 0. The first-order valence-electron chi connectivity index (χ1n) is 5.42. The van der Waals surface area contributed by atoms with Gasteiger partial charge in [0.1, 0.15) is 6.10 Å². The summed E-state index contributed by atoms with van der Waals surface area (Å²) >= 11 is 1.77. The van der Waals surface area contributed by atoms with Crippen LogP contribution in [0.4, 0.5) is 0 Å². The Morgan fingerprint density at radius 3 is 2.53 bits per heavy atom. The highest BCUT2D eigenvalue weighted by molar-refractivity contribution is 7.12. The molecule has 0 fully saturated rings. The van der Waals surface area contributed by atoms with Crippen LogP contribution in [0.25, 0.3) is 0 Å². The number of hydrogen-bond acceptors (Lipinski definition) is 3. The van der Waals surface area contributed by atoms with Gasteiger partial charge in [0.15, 0.2) is 0 Å². The van der Waals surface area contributed by atoms with Gasteiger partial charge in [0.25, 0.3) is 0 Å². The number of hydrogen-bond donors (Lipinski definition) is 1. The lowest BCUT2D eigenvalue weighted by Crippen LogP contribution is -2.29. The second-order valence-electron chi connectivity index (χ2n) is 4.40. The topological polar surface area (TPSA) is 35.2 Å². The highest BCUT2D eigenvalue weighted by Gasteiger charge is 2.22. The second kappa shape index (κ2) is 5.10. The second-order valence-corrected chi connectivity index (χ2v) is 5.72. The molecule has 15 heavy (non-hydrogen) atoms. The van der Waals surface area contributed by atoms with Crippen LogP contribution in [-0.2, 0) is 4.74 Å². The summed E-state index contributed by atoms with van der Waals surface area (Å²) in [7, 11) is 0. The average molecular weight is 227 g/mol. The van der Waals surface area contributed by atoms with Crippen LogP contribution in [0, 0.1) is 6.92 Å². The summed E-state index contributed by atoms with van der Waals surface area (Å²) in [4.78, 5) is 2.54. The van der Waals surface area contributed by atoms with Crippen molar-refractivity contribution in [1.82, 2.24) is 0 Å². The van der Waals surface area contributed by atoms with Crippen molar-refractivity contribution in [3.05, 3.63) is 21.9 Å². The molecule has 1 unspecified atom stereocenters.